The monoisotopic (exact) mass is 408 g/mol. The van der Waals surface area contributed by atoms with E-state index in [2.05, 4.69) is 53.4 Å². The SMILES string of the molecule is Cc1ccc(-c2c(C)sc3ncnc(NCCC(=O)N4CCC(=O)CC4)c23)cc1. The van der Waals surface area contributed by atoms with Gasteiger partial charge >= 0.3 is 0 Å². The summed E-state index contributed by atoms with van der Waals surface area (Å²) >= 11 is 1.66. The Morgan fingerprint density at radius 1 is 1.14 bits per heavy atom. The number of anilines is 1. The van der Waals surface area contributed by atoms with Crippen LogP contribution in [0.4, 0.5) is 5.82 Å². The number of aromatic nitrogens is 2. The molecule has 0 unspecified atom stereocenters. The Morgan fingerprint density at radius 3 is 2.59 bits per heavy atom. The van der Waals surface area contributed by atoms with Gasteiger partial charge in [-0.05, 0) is 19.4 Å². The predicted molar refractivity (Wildman–Crippen MR) is 116 cm³/mol. The van der Waals surface area contributed by atoms with E-state index in [4.69, 9.17) is 0 Å². The Bertz CT molecular complexity index is 1050. The van der Waals surface area contributed by atoms with Crippen molar-refractivity contribution in [1.29, 1.82) is 0 Å². The van der Waals surface area contributed by atoms with Crippen LogP contribution in [-0.4, -0.2) is 46.2 Å². The minimum atomic E-state index is 0.0792. The first-order valence-electron chi connectivity index (χ1n) is 9.87. The van der Waals surface area contributed by atoms with Crippen LogP contribution in [0.1, 0.15) is 29.7 Å². The summed E-state index contributed by atoms with van der Waals surface area (Å²) in [7, 11) is 0. The summed E-state index contributed by atoms with van der Waals surface area (Å²) in [5, 5.41) is 4.35. The van der Waals surface area contributed by atoms with Crippen molar-refractivity contribution in [3.05, 3.63) is 41.0 Å². The molecule has 0 atom stereocenters. The van der Waals surface area contributed by atoms with Crippen molar-refractivity contribution in [3.8, 4) is 11.1 Å². The van der Waals surface area contributed by atoms with E-state index in [-0.39, 0.29) is 11.7 Å². The second kappa shape index (κ2) is 8.29. The van der Waals surface area contributed by atoms with Gasteiger partial charge in [-0.3, -0.25) is 9.59 Å². The Kier molecular flexibility index (Phi) is 5.58. The van der Waals surface area contributed by atoms with Gasteiger partial charge in [0.2, 0.25) is 5.91 Å². The van der Waals surface area contributed by atoms with Gasteiger partial charge in [0.15, 0.2) is 0 Å². The van der Waals surface area contributed by atoms with Gasteiger partial charge in [0.1, 0.15) is 22.8 Å². The molecule has 150 valence electrons. The third-order valence-electron chi connectivity index (χ3n) is 5.31. The fourth-order valence-corrected chi connectivity index (χ4v) is 4.71. The van der Waals surface area contributed by atoms with Gasteiger partial charge in [0.05, 0.1) is 5.39 Å². The van der Waals surface area contributed by atoms with Gasteiger partial charge in [0.25, 0.3) is 0 Å². The molecule has 3 heterocycles. The van der Waals surface area contributed by atoms with Gasteiger partial charge in [-0.15, -0.1) is 11.3 Å². The Morgan fingerprint density at radius 2 is 1.86 bits per heavy atom. The first kappa shape index (κ1) is 19.5. The zero-order valence-corrected chi connectivity index (χ0v) is 17.5. The molecule has 1 aliphatic rings. The van der Waals surface area contributed by atoms with Crippen LogP contribution in [0.3, 0.4) is 0 Å². The molecule has 4 rings (SSSR count). The molecule has 0 bridgehead atoms. The minimum Gasteiger partial charge on any atom is -0.369 e. The Hall–Kier alpha value is -2.80. The summed E-state index contributed by atoms with van der Waals surface area (Å²) in [4.78, 5) is 36.6. The summed E-state index contributed by atoms with van der Waals surface area (Å²) < 4.78 is 0. The van der Waals surface area contributed by atoms with Crippen molar-refractivity contribution in [2.75, 3.05) is 25.0 Å². The summed E-state index contributed by atoms with van der Waals surface area (Å²) in [6.07, 6.45) is 2.89. The zero-order valence-electron chi connectivity index (χ0n) is 16.7. The maximum absolute atomic E-state index is 12.4. The standard InChI is InChI=1S/C22H24N4O2S/c1-14-3-5-16(6-4-14)19-15(2)29-22-20(19)21(24-13-25-22)23-10-7-18(28)26-11-8-17(27)9-12-26/h3-6,13H,7-12H2,1-2H3,(H,23,24,25). The highest BCUT2D eigenvalue weighted by Gasteiger charge is 2.21. The maximum Gasteiger partial charge on any atom is 0.224 e. The first-order valence-corrected chi connectivity index (χ1v) is 10.7. The smallest absolute Gasteiger partial charge is 0.224 e. The number of thiophene rings is 1. The lowest BCUT2D eigenvalue weighted by atomic mass is 10.0. The number of benzene rings is 1. The normalized spacial score (nSPS) is 14.4. The van der Waals surface area contributed by atoms with Crippen LogP contribution >= 0.6 is 11.3 Å². The number of piperidine rings is 1. The highest BCUT2D eigenvalue weighted by Crippen LogP contribution is 2.40. The molecule has 1 fully saturated rings. The van der Waals surface area contributed by atoms with Crippen LogP contribution in [0, 0.1) is 13.8 Å². The van der Waals surface area contributed by atoms with E-state index in [1.807, 2.05) is 0 Å². The van der Waals surface area contributed by atoms with Crippen molar-refractivity contribution in [2.45, 2.75) is 33.1 Å². The molecule has 1 aromatic carbocycles. The number of likely N-dealkylation sites (tertiary alicyclic amines) is 1. The number of carbonyl (C=O) groups is 2. The summed E-state index contributed by atoms with van der Waals surface area (Å²) in [5.41, 5.74) is 3.51. The molecule has 1 saturated heterocycles. The second-order valence-corrected chi connectivity index (χ2v) is 8.60. The zero-order chi connectivity index (χ0) is 20.4. The van der Waals surface area contributed by atoms with Crippen molar-refractivity contribution in [2.24, 2.45) is 0 Å². The van der Waals surface area contributed by atoms with Crippen molar-refractivity contribution >= 4 is 39.1 Å². The molecule has 1 amide bonds. The fraction of sp³-hybridized carbons (Fsp3) is 0.364. The van der Waals surface area contributed by atoms with Crippen LogP contribution in [0.2, 0.25) is 0 Å². The van der Waals surface area contributed by atoms with E-state index in [1.165, 1.54) is 10.4 Å². The van der Waals surface area contributed by atoms with Crippen LogP contribution in [0.5, 0.6) is 0 Å². The van der Waals surface area contributed by atoms with E-state index in [0.29, 0.717) is 38.9 Å². The highest BCUT2D eigenvalue weighted by atomic mass is 32.1. The van der Waals surface area contributed by atoms with Gasteiger partial charge in [0, 0.05) is 49.3 Å². The third kappa shape index (κ3) is 4.15. The summed E-state index contributed by atoms with van der Waals surface area (Å²) in [6.45, 7) is 5.76. The van der Waals surface area contributed by atoms with E-state index in [0.717, 1.165) is 27.2 Å². The van der Waals surface area contributed by atoms with Crippen LogP contribution in [0.15, 0.2) is 30.6 Å². The largest absolute Gasteiger partial charge is 0.369 e. The van der Waals surface area contributed by atoms with E-state index >= 15 is 0 Å². The van der Waals surface area contributed by atoms with Crippen molar-refractivity contribution < 1.29 is 9.59 Å². The minimum absolute atomic E-state index is 0.0792. The van der Waals surface area contributed by atoms with Crippen LogP contribution in [0.25, 0.3) is 21.3 Å². The molecule has 0 radical (unpaired) electrons. The second-order valence-electron chi connectivity index (χ2n) is 7.40. The van der Waals surface area contributed by atoms with Crippen molar-refractivity contribution in [1.82, 2.24) is 14.9 Å². The number of nitrogens with one attached hydrogen (secondary N) is 1. The summed E-state index contributed by atoms with van der Waals surface area (Å²) in [6, 6.07) is 8.47. The number of hydrogen-bond donors (Lipinski definition) is 1. The van der Waals surface area contributed by atoms with Crippen LogP contribution < -0.4 is 5.32 Å². The average molecular weight is 409 g/mol. The summed E-state index contributed by atoms with van der Waals surface area (Å²) in [5.74, 6) is 1.08. The highest BCUT2D eigenvalue weighted by molar-refractivity contribution is 7.19. The number of aryl methyl sites for hydroxylation is 2. The van der Waals surface area contributed by atoms with Gasteiger partial charge in [-0.2, -0.15) is 0 Å². The molecule has 0 aliphatic carbocycles. The van der Waals surface area contributed by atoms with E-state index in [1.54, 1.807) is 22.6 Å². The fourth-order valence-electron chi connectivity index (χ4n) is 3.70. The third-order valence-corrected chi connectivity index (χ3v) is 6.32. The number of rotatable bonds is 5. The molecular formula is C22H24N4O2S. The molecule has 6 nitrogen and oxygen atoms in total. The lowest BCUT2D eigenvalue weighted by Crippen LogP contribution is -2.39. The number of fused-ring (bicyclic) bond motifs is 1. The quantitative estimate of drug-likeness (QED) is 0.691. The number of Topliss-reactive ketones (excluding diaryl/α,β-unsaturated/α-hetero) is 1. The van der Waals surface area contributed by atoms with Gasteiger partial charge < -0.3 is 10.2 Å². The molecule has 3 aromatic rings. The average Bonchev–Trinajstić information content (AvgIpc) is 3.06. The molecule has 7 heteroatoms. The molecule has 0 saturated carbocycles. The lowest BCUT2D eigenvalue weighted by Gasteiger charge is -2.26. The molecule has 1 aliphatic heterocycles. The van der Waals surface area contributed by atoms with Crippen LogP contribution in [-0.2, 0) is 9.59 Å². The number of nitrogens with zero attached hydrogens (tertiary/aromatic N) is 3. The topological polar surface area (TPSA) is 75.2 Å². The van der Waals surface area contributed by atoms with E-state index < -0.39 is 0 Å². The number of hydrogen-bond acceptors (Lipinski definition) is 6. The molecule has 2 aromatic heterocycles. The lowest BCUT2D eigenvalue weighted by molar-refractivity contribution is -0.134. The van der Waals surface area contributed by atoms with E-state index in [9.17, 15) is 9.59 Å². The van der Waals surface area contributed by atoms with Gasteiger partial charge in [-0.25, -0.2) is 9.97 Å². The number of amides is 1. The van der Waals surface area contributed by atoms with Gasteiger partial charge in [-0.1, -0.05) is 29.8 Å². The molecule has 1 N–H and O–H groups in total. The Balaban J connectivity index is 1.52. The van der Waals surface area contributed by atoms with Crippen molar-refractivity contribution in [3.63, 3.8) is 0 Å². The molecule has 0 spiro atoms. The number of ketones is 1. The Labute approximate surface area is 174 Å². The first-order chi connectivity index (χ1) is 14.0. The molecule has 29 heavy (non-hydrogen) atoms. The maximum atomic E-state index is 12.4. The predicted octanol–water partition coefficient (Wildman–Crippen LogP) is 3.97. The number of carbonyl (C=O) groups excluding carboxylic acids is 2. The molecular weight excluding hydrogens is 384 g/mol.